The van der Waals surface area contributed by atoms with Crippen LogP contribution < -0.4 is 6.15 Å². The Balaban J connectivity index is 0.000000810. The lowest BCUT2D eigenvalue weighted by Crippen LogP contribution is -1.79. The molecule has 0 fully saturated rings. The van der Waals surface area contributed by atoms with E-state index in [9.17, 15) is 0 Å². The van der Waals surface area contributed by atoms with Gasteiger partial charge in [0.05, 0.1) is 0 Å². The van der Waals surface area contributed by atoms with E-state index in [1.54, 1.807) is 0 Å². The fraction of sp³-hybridized carbons (Fsp3) is 0.0588. The van der Waals surface area contributed by atoms with Gasteiger partial charge >= 0.3 is 0 Å². The van der Waals surface area contributed by atoms with E-state index in [1.165, 1.54) is 21.9 Å². The van der Waals surface area contributed by atoms with Crippen LogP contribution in [0.1, 0.15) is 7.43 Å². The lowest BCUT2D eigenvalue weighted by atomic mass is 9.98. The highest BCUT2D eigenvalue weighted by atomic mass is 14.0. The quantitative estimate of drug-likeness (QED) is 0.612. The Bertz CT molecular complexity index is 609. The fourth-order valence-electron chi connectivity index (χ4n) is 2.09. The Morgan fingerprint density at radius 1 is 0.556 bits per heavy atom. The normalized spacial score (nSPS) is 9.33. The lowest BCUT2D eigenvalue weighted by molar-refractivity contribution is 1.65. The highest BCUT2D eigenvalue weighted by Gasteiger charge is 2.01. The number of fused-ring (bicyclic) bond motifs is 1. The van der Waals surface area contributed by atoms with E-state index in [-0.39, 0.29) is 13.6 Å². The van der Waals surface area contributed by atoms with E-state index >= 15 is 0 Å². The molecule has 0 unspecified atom stereocenters. The molecule has 92 valence electrons. The Morgan fingerprint density at radius 3 is 1.94 bits per heavy atom. The van der Waals surface area contributed by atoms with Gasteiger partial charge < -0.3 is 6.15 Å². The molecule has 0 aliphatic carbocycles. The number of benzene rings is 3. The molecular weight excluding hydrogens is 218 g/mol. The molecule has 0 aliphatic rings. The van der Waals surface area contributed by atoms with Crippen molar-refractivity contribution in [3.05, 3.63) is 72.8 Å². The van der Waals surface area contributed by atoms with Gasteiger partial charge in [-0.05, 0) is 21.9 Å². The zero-order chi connectivity index (χ0) is 10.8. The SMILES string of the molecule is C.N.c1ccc(-c2cccc3ccccc23)cc1. The Hall–Kier alpha value is -2.12. The molecule has 0 aromatic heterocycles. The summed E-state index contributed by atoms with van der Waals surface area (Å²) in [4.78, 5) is 0. The molecule has 3 aromatic carbocycles. The molecule has 18 heavy (non-hydrogen) atoms. The minimum Gasteiger partial charge on any atom is -0.344 e. The topological polar surface area (TPSA) is 35.0 Å². The van der Waals surface area contributed by atoms with Crippen LogP contribution in [0, 0.1) is 0 Å². The molecule has 0 saturated heterocycles. The van der Waals surface area contributed by atoms with Crippen LogP contribution in [0.4, 0.5) is 0 Å². The Morgan fingerprint density at radius 2 is 1.17 bits per heavy atom. The van der Waals surface area contributed by atoms with Crippen LogP contribution in [0.25, 0.3) is 21.9 Å². The van der Waals surface area contributed by atoms with Crippen molar-refractivity contribution in [1.29, 1.82) is 0 Å². The highest BCUT2D eigenvalue weighted by Crippen LogP contribution is 2.27. The molecule has 0 saturated carbocycles. The van der Waals surface area contributed by atoms with Crippen LogP contribution >= 0.6 is 0 Å². The smallest absolute Gasteiger partial charge is 0.0105 e. The fourth-order valence-corrected chi connectivity index (χ4v) is 2.09. The first-order valence-corrected chi connectivity index (χ1v) is 5.48. The third-order valence-corrected chi connectivity index (χ3v) is 2.87. The molecule has 3 aromatic rings. The van der Waals surface area contributed by atoms with Gasteiger partial charge in [-0.3, -0.25) is 0 Å². The standard InChI is InChI=1S/C16H12.CH4.H3N/c1-2-7-13(8-3-1)16-12-6-10-14-9-4-5-11-15(14)16;;/h1-12H;1H4;1H3. The second-order valence-corrected chi connectivity index (χ2v) is 3.89. The number of hydrogen-bond donors (Lipinski definition) is 1. The first-order valence-electron chi connectivity index (χ1n) is 5.48. The summed E-state index contributed by atoms with van der Waals surface area (Å²) >= 11 is 0. The lowest BCUT2D eigenvalue weighted by Gasteiger charge is -2.06. The van der Waals surface area contributed by atoms with Gasteiger partial charge in [-0.15, -0.1) is 0 Å². The van der Waals surface area contributed by atoms with Gasteiger partial charge in [-0.25, -0.2) is 0 Å². The minimum atomic E-state index is 0. The van der Waals surface area contributed by atoms with Crippen molar-refractivity contribution in [2.75, 3.05) is 0 Å². The molecule has 3 rings (SSSR count). The van der Waals surface area contributed by atoms with Crippen LogP contribution in [-0.4, -0.2) is 0 Å². The van der Waals surface area contributed by atoms with E-state index in [2.05, 4.69) is 72.8 Å². The van der Waals surface area contributed by atoms with Crippen LogP contribution in [0.15, 0.2) is 72.8 Å². The summed E-state index contributed by atoms with van der Waals surface area (Å²) in [6.07, 6.45) is 0. The van der Waals surface area contributed by atoms with Crippen LogP contribution in [-0.2, 0) is 0 Å². The molecular formula is C17H19N. The maximum absolute atomic E-state index is 2.18. The van der Waals surface area contributed by atoms with Crippen LogP contribution in [0.2, 0.25) is 0 Å². The summed E-state index contributed by atoms with van der Waals surface area (Å²) in [5, 5.41) is 2.61. The summed E-state index contributed by atoms with van der Waals surface area (Å²) in [5.74, 6) is 0. The van der Waals surface area contributed by atoms with Gasteiger partial charge in [-0.1, -0.05) is 80.2 Å². The molecule has 0 aliphatic heterocycles. The molecule has 1 nitrogen and oxygen atoms in total. The Labute approximate surface area is 109 Å². The van der Waals surface area contributed by atoms with Gasteiger partial charge in [0.1, 0.15) is 0 Å². The van der Waals surface area contributed by atoms with E-state index in [1.807, 2.05) is 0 Å². The van der Waals surface area contributed by atoms with Gasteiger partial charge in [0.2, 0.25) is 0 Å². The van der Waals surface area contributed by atoms with Crippen molar-refractivity contribution in [1.82, 2.24) is 6.15 Å². The van der Waals surface area contributed by atoms with Crippen LogP contribution in [0.3, 0.4) is 0 Å². The molecule has 3 N–H and O–H groups in total. The monoisotopic (exact) mass is 237 g/mol. The maximum Gasteiger partial charge on any atom is -0.0105 e. The van der Waals surface area contributed by atoms with Crippen LogP contribution in [0.5, 0.6) is 0 Å². The molecule has 0 spiro atoms. The first-order chi connectivity index (χ1) is 7.95. The van der Waals surface area contributed by atoms with Crippen molar-refractivity contribution in [2.24, 2.45) is 0 Å². The summed E-state index contributed by atoms with van der Waals surface area (Å²) in [7, 11) is 0. The highest BCUT2D eigenvalue weighted by molar-refractivity contribution is 5.96. The maximum atomic E-state index is 2.18. The van der Waals surface area contributed by atoms with Gasteiger partial charge in [-0.2, -0.15) is 0 Å². The number of hydrogen-bond acceptors (Lipinski definition) is 1. The average Bonchev–Trinajstić information content (AvgIpc) is 2.39. The van der Waals surface area contributed by atoms with E-state index < -0.39 is 0 Å². The molecule has 0 atom stereocenters. The average molecular weight is 237 g/mol. The van der Waals surface area contributed by atoms with Gasteiger partial charge in [0, 0.05) is 0 Å². The molecule has 1 heteroatoms. The summed E-state index contributed by atoms with van der Waals surface area (Å²) in [6, 6.07) is 25.5. The summed E-state index contributed by atoms with van der Waals surface area (Å²) in [6.45, 7) is 0. The van der Waals surface area contributed by atoms with Gasteiger partial charge in [0.15, 0.2) is 0 Å². The van der Waals surface area contributed by atoms with Gasteiger partial charge in [0.25, 0.3) is 0 Å². The molecule has 0 amide bonds. The van der Waals surface area contributed by atoms with Crippen molar-refractivity contribution in [3.8, 4) is 11.1 Å². The van der Waals surface area contributed by atoms with Crippen molar-refractivity contribution in [3.63, 3.8) is 0 Å². The first kappa shape index (κ1) is 13.9. The van der Waals surface area contributed by atoms with E-state index in [0.29, 0.717) is 0 Å². The zero-order valence-corrected chi connectivity index (χ0v) is 9.64. The predicted octanol–water partition coefficient (Wildman–Crippen LogP) is 5.30. The predicted molar refractivity (Wildman–Crippen MR) is 81.1 cm³/mol. The van der Waals surface area contributed by atoms with Crippen molar-refractivity contribution >= 4 is 10.8 Å². The second kappa shape index (κ2) is 5.99. The third kappa shape index (κ3) is 2.41. The zero-order valence-electron chi connectivity index (χ0n) is 9.64. The Kier molecular flexibility index (Phi) is 4.64. The minimum absolute atomic E-state index is 0. The number of rotatable bonds is 1. The molecule has 0 bridgehead atoms. The van der Waals surface area contributed by atoms with E-state index in [0.717, 1.165) is 0 Å². The molecule has 0 radical (unpaired) electrons. The second-order valence-electron chi connectivity index (χ2n) is 3.89. The summed E-state index contributed by atoms with van der Waals surface area (Å²) < 4.78 is 0. The van der Waals surface area contributed by atoms with E-state index in [4.69, 9.17) is 0 Å². The van der Waals surface area contributed by atoms with Crippen molar-refractivity contribution < 1.29 is 0 Å². The summed E-state index contributed by atoms with van der Waals surface area (Å²) in [5.41, 5.74) is 2.58. The largest absolute Gasteiger partial charge is 0.344 e. The molecule has 0 heterocycles. The third-order valence-electron chi connectivity index (χ3n) is 2.87. The van der Waals surface area contributed by atoms with Crippen molar-refractivity contribution in [2.45, 2.75) is 7.43 Å².